The third-order valence-electron chi connectivity index (χ3n) is 2.10. The van der Waals surface area contributed by atoms with E-state index >= 15 is 0 Å². The van der Waals surface area contributed by atoms with Gasteiger partial charge in [0.1, 0.15) is 10.7 Å². The second-order valence-electron chi connectivity index (χ2n) is 3.36. The van der Waals surface area contributed by atoms with E-state index in [-0.39, 0.29) is 0 Å². The molecule has 2 heterocycles. The summed E-state index contributed by atoms with van der Waals surface area (Å²) in [5.74, 6) is 1.06. The molecule has 74 valence electrons. The van der Waals surface area contributed by atoms with Gasteiger partial charge in [0.05, 0.1) is 11.7 Å². The number of aromatic nitrogens is 2. The maximum atomic E-state index is 4.49. The van der Waals surface area contributed by atoms with Gasteiger partial charge in [0.15, 0.2) is 0 Å². The zero-order valence-electron chi connectivity index (χ0n) is 8.40. The SMILES string of the molecule is CCc1ccc(C2=N[C@H](C)CS2)nn1. The van der Waals surface area contributed by atoms with Gasteiger partial charge in [-0.25, -0.2) is 0 Å². The van der Waals surface area contributed by atoms with Crippen LogP contribution in [0, 0.1) is 0 Å². The summed E-state index contributed by atoms with van der Waals surface area (Å²) in [6, 6.07) is 4.45. The zero-order valence-corrected chi connectivity index (χ0v) is 9.21. The second kappa shape index (κ2) is 4.09. The number of hydrogen-bond donors (Lipinski definition) is 0. The van der Waals surface area contributed by atoms with Crippen LogP contribution in [0.5, 0.6) is 0 Å². The molecule has 0 fully saturated rings. The summed E-state index contributed by atoms with van der Waals surface area (Å²) < 4.78 is 0. The summed E-state index contributed by atoms with van der Waals surface area (Å²) in [4.78, 5) is 4.49. The van der Waals surface area contributed by atoms with Crippen LogP contribution in [0.3, 0.4) is 0 Å². The number of hydrogen-bond acceptors (Lipinski definition) is 4. The number of aryl methyl sites for hydroxylation is 1. The molecule has 4 heteroatoms. The molecule has 0 radical (unpaired) electrons. The van der Waals surface area contributed by atoms with Crippen molar-refractivity contribution in [3.8, 4) is 0 Å². The van der Waals surface area contributed by atoms with Crippen LogP contribution in [0.1, 0.15) is 25.2 Å². The van der Waals surface area contributed by atoms with Gasteiger partial charge >= 0.3 is 0 Å². The van der Waals surface area contributed by atoms with Crippen LogP contribution in [-0.4, -0.2) is 27.0 Å². The number of thioether (sulfide) groups is 1. The fourth-order valence-corrected chi connectivity index (χ4v) is 2.26. The lowest BCUT2D eigenvalue weighted by molar-refractivity contribution is 0.861. The van der Waals surface area contributed by atoms with Gasteiger partial charge < -0.3 is 0 Å². The van der Waals surface area contributed by atoms with Crippen LogP contribution in [0.15, 0.2) is 17.1 Å². The maximum absolute atomic E-state index is 4.49. The van der Waals surface area contributed by atoms with Crippen LogP contribution in [-0.2, 0) is 6.42 Å². The molecule has 1 aliphatic heterocycles. The van der Waals surface area contributed by atoms with Crippen molar-refractivity contribution in [2.24, 2.45) is 4.99 Å². The van der Waals surface area contributed by atoms with Crippen molar-refractivity contribution < 1.29 is 0 Å². The lowest BCUT2D eigenvalue weighted by Gasteiger charge is -1.98. The summed E-state index contributed by atoms with van der Waals surface area (Å²) in [6.07, 6.45) is 0.934. The average molecular weight is 207 g/mol. The highest BCUT2D eigenvalue weighted by Crippen LogP contribution is 2.21. The van der Waals surface area contributed by atoms with Crippen LogP contribution < -0.4 is 0 Å². The molecule has 0 aliphatic carbocycles. The molecule has 0 saturated carbocycles. The summed E-state index contributed by atoms with van der Waals surface area (Å²) in [7, 11) is 0. The summed E-state index contributed by atoms with van der Waals surface area (Å²) in [5.41, 5.74) is 1.95. The molecule has 1 atom stereocenters. The van der Waals surface area contributed by atoms with Gasteiger partial charge in [-0.05, 0) is 25.5 Å². The van der Waals surface area contributed by atoms with Crippen LogP contribution >= 0.6 is 11.8 Å². The molecule has 0 aromatic carbocycles. The highest BCUT2D eigenvalue weighted by atomic mass is 32.2. The molecular formula is C10H13N3S. The smallest absolute Gasteiger partial charge is 0.118 e. The van der Waals surface area contributed by atoms with Crippen molar-refractivity contribution in [1.82, 2.24) is 10.2 Å². The Kier molecular flexibility index (Phi) is 2.82. The van der Waals surface area contributed by atoms with Gasteiger partial charge in [0.2, 0.25) is 0 Å². The van der Waals surface area contributed by atoms with Crippen LogP contribution in [0.4, 0.5) is 0 Å². The van der Waals surface area contributed by atoms with Gasteiger partial charge in [-0.2, -0.15) is 5.10 Å². The van der Waals surface area contributed by atoms with Crippen molar-refractivity contribution in [3.63, 3.8) is 0 Å². The van der Waals surface area contributed by atoms with E-state index in [1.807, 2.05) is 12.1 Å². The maximum Gasteiger partial charge on any atom is 0.118 e. The van der Waals surface area contributed by atoms with Crippen molar-refractivity contribution >= 4 is 16.8 Å². The lowest BCUT2D eigenvalue weighted by atomic mass is 10.3. The molecule has 0 N–H and O–H groups in total. The fraction of sp³-hybridized carbons (Fsp3) is 0.500. The predicted octanol–water partition coefficient (Wildman–Crippen LogP) is 1.92. The van der Waals surface area contributed by atoms with Crippen LogP contribution in [0.25, 0.3) is 0 Å². The monoisotopic (exact) mass is 207 g/mol. The van der Waals surface area contributed by atoms with E-state index in [2.05, 4.69) is 29.0 Å². The molecule has 1 aromatic heterocycles. The Morgan fingerprint density at radius 1 is 1.43 bits per heavy atom. The third kappa shape index (κ3) is 1.95. The van der Waals surface area contributed by atoms with Crippen molar-refractivity contribution in [2.45, 2.75) is 26.3 Å². The predicted molar refractivity (Wildman–Crippen MR) is 59.9 cm³/mol. The molecule has 0 spiro atoms. The van der Waals surface area contributed by atoms with Gasteiger partial charge in [-0.1, -0.05) is 6.92 Å². The highest BCUT2D eigenvalue weighted by Gasteiger charge is 2.16. The largest absolute Gasteiger partial charge is 0.272 e. The molecule has 1 aliphatic rings. The standard InChI is InChI=1S/C10H13N3S/c1-3-8-4-5-9(13-12-8)10-11-7(2)6-14-10/h4-5,7H,3,6H2,1-2H3/t7-/m1/s1. The van der Waals surface area contributed by atoms with E-state index in [1.165, 1.54) is 0 Å². The Bertz CT molecular complexity index is 345. The highest BCUT2D eigenvalue weighted by molar-refractivity contribution is 8.14. The summed E-state index contributed by atoms with van der Waals surface area (Å²) >= 11 is 1.76. The van der Waals surface area contributed by atoms with Crippen molar-refractivity contribution in [3.05, 3.63) is 23.5 Å². The number of aliphatic imine (C=N–C) groups is 1. The molecule has 0 unspecified atom stereocenters. The molecule has 0 bridgehead atoms. The molecular weight excluding hydrogens is 194 g/mol. The zero-order chi connectivity index (χ0) is 9.97. The first-order valence-corrected chi connectivity index (χ1v) is 5.81. The lowest BCUT2D eigenvalue weighted by Crippen LogP contribution is -2.00. The molecule has 2 rings (SSSR count). The van der Waals surface area contributed by atoms with Gasteiger partial charge in [-0.15, -0.1) is 16.9 Å². The van der Waals surface area contributed by atoms with Gasteiger partial charge in [0, 0.05) is 5.75 Å². The number of rotatable bonds is 2. The third-order valence-corrected chi connectivity index (χ3v) is 3.34. The fourth-order valence-electron chi connectivity index (χ4n) is 1.28. The van der Waals surface area contributed by atoms with E-state index in [4.69, 9.17) is 0 Å². The van der Waals surface area contributed by atoms with Crippen molar-refractivity contribution in [1.29, 1.82) is 0 Å². The minimum absolute atomic E-state index is 0.419. The van der Waals surface area contributed by atoms with Gasteiger partial charge in [0.25, 0.3) is 0 Å². The van der Waals surface area contributed by atoms with Crippen molar-refractivity contribution in [2.75, 3.05) is 5.75 Å². The first-order valence-electron chi connectivity index (χ1n) is 4.83. The quantitative estimate of drug-likeness (QED) is 0.743. The Hall–Kier alpha value is -0.900. The van der Waals surface area contributed by atoms with E-state index in [9.17, 15) is 0 Å². The molecule has 14 heavy (non-hydrogen) atoms. The minimum atomic E-state index is 0.419. The average Bonchev–Trinajstić information content (AvgIpc) is 2.65. The van der Waals surface area contributed by atoms with E-state index in [0.29, 0.717) is 6.04 Å². The topological polar surface area (TPSA) is 38.1 Å². The first kappa shape index (κ1) is 9.65. The first-order chi connectivity index (χ1) is 6.79. The summed E-state index contributed by atoms with van der Waals surface area (Å²) in [5, 5.41) is 9.32. The Labute approximate surface area is 88.0 Å². The van der Waals surface area contributed by atoms with Gasteiger partial charge in [-0.3, -0.25) is 4.99 Å². The van der Waals surface area contributed by atoms with E-state index in [0.717, 1.165) is 28.6 Å². The van der Waals surface area contributed by atoms with E-state index in [1.54, 1.807) is 11.8 Å². The number of nitrogens with zero attached hydrogens (tertiary/aromatic N) is 3. The Morgan fingerprint density at radius 2 is 2.29 bits per heavy atom. The van der Waals surface area contributed by atoms with Crippen LogP contribution in [0.2, 0.25) is 0 Å². The minimum Gasteiger partial charge on any atom is -0.272 e. The molecule has 0 saturated heterocycles. The Morgan fingerprint density at radius 3 is 2.79 bits per heavy atom. The Balaban J connectivity index is 2.21. The van der Waals surface area contributed by atoms with E-state index < -0.39 is 0 Å². The second-order valence-corrected chi connectivity index (χ2v) is 4.37. The summed E-state index contributed by atoms with van der Waals surface area (Å²) in [6.45, 7) is 4.20. The normalized spacial score (nSPS) is 21.0. The molecule has 1 aromatic rings. The molecule has 0 amide bonds. The molecule has 3 nitrogen and oxygen atoms in total.